The summed E-state index contributed by atoms with van der Waals surface area (Å²) < 4.78 is 47.0. The number of benzene rings is 1. The van der Waals surface area contributed by atoms with E-state index in [2.05, 4.69) is 22.7 Å². The fourth-order valence-electron chi connectivity index (χ4n) is 3.47. The summed E-state index contributed by atoms with van der Waals surface area (Å²) in [5.41, 5.74) is 4.99. The van der Waals surface area contributed by atoms with Crippen LogP contribution in [0.4, 0.5) is 18.9 Å². The number of nitrogens with zero attached hydrogens (tertiary/aromatic N) is 4. The number of rotatable bonds is 4. The number of alkyl halides is 3. The largest absolute Gasteiger partial charge is 0.480 e. The SMILES string of the molecule is COc1ncc(N2C=Cc3c(cccc3-n3ncc(C(N)=O)c3C(F)(F)F)C2S)cc1Cl. The van der Waals surface area contributed by atoms with E-state index in [0.717, 1.165) is 6.20 Å². The Hall–Kier alpha value is -3.18. The Morgan fingerprint density at radius 2 is 2.06 bits per heavy atom. The second-order valence-corrected chi connectivity index (χ2v) is 7.64. The molecule has 0 aliphatic carbocycles. The van der Waals surface area contributed by atoms with Gasteiger partial charge in [0, 0.05) is 11.8 Å². The predicted octanol–water partition coefficient (Wildman–Crippen LogP) is 4.47. The maximum Gasteiger partial charge on any atom is 0.434 e. The van der Waals surface area contributed by atoms with Gasteiger partial charge in [-0.1, -0.05) is 23.7 Å². The number of methoxy groups -OCH3 is 1. The van der Waals surface area contributed by atoms with Gasteiger partial charge in [-0.05, 0) is 23.8 Å². The van der Waals surface area contributed by atoms with Gasteiger partial charge < -0.3 is 15.4 Å². The first kappa shape index (κ1) is 22.0. The highest BCUT2D eigenvalue weighted by molar-refractivity contribution is 7.80. The van der Waals surface area contributed by atoms with Crippen LogP contribution in [0.5, 0.6) is 5.88 Å². The van der Waals surface area contributed by atoms with Crippen LogP contribution in [0.2, 0.25) is 5.02 Å². The van der Waals surface area contributed by atoms with Gasteiger partial charge in [0.1, 0.15) is 10.4 Å². The second-order valence-electron chi connectivity index (χ2n) is 6.74. The summed E-state index contributed by atoms with van der Waals surface area (Å²) in [6.07, 6.45) is 0.782. The predicted molar refractivity (Wildman–Crippen MR) is 116 cm³/mol. The molecule has 4 rings (SSSR count). The van der Waals surface area contributed by atoms with Gasteiger partial charge >= 0.3 is 6.18 Å². The molecule has 3 heterocycles. The van der Waals surface area contributed by atoms with Gasteiger partial charge in [0.2, 0.25) is 5.88 Å². The number of aromatic nitrogens is 3. The number of amides is 1. The standard InChI is InChI=1S/C20H15ClF3N5O2S/c1-31-18-14(21)7-10(8-26-18)28-6-5-11-12(19(28)32)3-2-4-15(11)29-16(20(22,23)24)13(9-27-29)17(25)30/h2-9,19,32H,1H3,(H2,25,30). The number of nitrogens with two attached hydrogens (primary N) is 1. The van der Waals surface area contributed by atoms with Gasteiger partial charge in [-0.15, -0.1) is 12.6 Å². The Kier molecular flexibility index (Phi) is 5.55. The molecule has 166 valence electrons. The molecule has 1 aliphatic rings. The number of ether oxygens (including phenoxy) is 1. The van der Waals surface area contributed by atoms with Crippen LogP contribution < -0.4 is 15.4 Å². The van der Waals surface area contributed by atoms with E-state index in [4.69, 9.17) is 22.1 Å². The molecule has 0 radical (unpaired) electrons. The van der Waals surface area contributed by atoms with E-state index >= 15 is 0 Å². The maximum atomic E-state index is 13.7. The quantitative estimate of drug-likeness (QED) is 0.537. The van der Waals surface area contributed by atoms with Crippen molar-refractivity contribution in [1.29, 1.82) is 0 Å². The third kappa shape index (κ3) is 3.67. The highest BCUT2D eigenvalue weighted by Gasteiger charge is 2.40. The molecule has 3 aromatic rings. The molecule has 2 aromatic heterocycles. The number of hydrogen-bond donors (Lipinski definition) is 2. The second kappa shape index (κ2) is 8.06. The lowest BCUT2D eigenvalue weighted by Gasteiger charge is -2.32. The Morgan fingerprint density at radius 3 is 2.69 bits per heavy atom. The van der Waals surface area contributed by atoms with Crippen LogP contribution in [-0.2, 0) is 6.18 Å². The lowest BCUT2D eigenvalue weighted by Crippen LogP contribution is -2.24. The van der Waals surface area contributed by atoms with Crippen molar-refractivity contribution in [1.82, 2.24) is 14.8 Å². The minimum absolute atomic E-state index is 0.128. The zero-order valence-electron chi connectivity index (χ0n) is 16.3. The summed E-state index contributed by atoms with van der Waals surface area (Å²) in [6, 6.07) is 6.43. The molecule has 0 saturated carbocycles. The monoisotopic (exact) mass is 481 g/mol. The molecule has 1 atom stereocenters. The lowest BCUT2D eigenvalue weighted by molar-refractivity contribution is -0.143. The topological polar surface area (TPSA) is 86.3 Å². The summed E-state index contributed by atoms with van der Waals surface area (Å²) in [5, 5.41) is 3.52. The van der Waals surface area contributed by atoms with Crippen molar-refractivity contribution in [3.05, 3.63) is 70.3 Å². The van der Waals surface area contributed by atoms with Crippen LogP contribution in [0.1, 0.15) is 32.6 Å². The van der Waals surface area contributed by atoms with Gasteiger partial charge in [-0.2, -0.15) is 18.3 Å². The van der Waals surface area contributed by atoms with Crippen LogP contribution >= 0.6 is 24.2 Å². The van der Waals surface area contributed by atoms with Gasteiger partial charge in [-0.25, -0.2) is 9.67 Å². The van der Waals surface area contributed by atoms with Crippen molar-refractivity contribution in [2.24, 2.45) is 5.73 Å². The Balaban J connectivity index is 1.82. The molecule has 1 amide bonds. The number of thiol groups is 1. The summed E-state index contributed by atoms with van der Waals surface area (Å²) in [6.45, 7) is 0. The third-order valence-corrected chi connectivity index (χ3v) is 5.67. The Morgan fingerprint density at radius 1 is 1.31 bits per heavy atom. The van der Waals surface area contributed by atoms with Crippen LogP contribution in [0.25, 0.3) is 11.8 Å². The van der Waals surface area contributed by atoms with Crippen LogP contribution in [0.3, 0.4) is 0 Å². The highest BCUT2D eigenvalue weighted by atomic mass is 35.5. The molecule has 0 saturated heterocycles. The van der Waals surface area contributed by atoms with E-state index < -0.39 is 28.7 Å². The number of carbonyl (C=O) groups excluding carboxylic acids is 1. The molecule has 0 bridgehead atoms. The summed E-state index contributed by atoms with van der Waals surface area (Å²) >= 11 is 10.8. The number of anilines is 1. The number of carbonyl (C=O) groups is 1. The summed E-state index contributed by atoms with van der Waals surface area (Å²) in [4.78, 5) is 17.4. The van der Waals surface area contributed by atoms with Gasteiger partial charge in [0.05, 0.1) is 36.4 Å². The lowest BCUT2D eigenvalue weighted by atomic mass is 10.0. The molecule has 1 aromatic carbocycles. The van der Waals surface area contributed by atoms with Crippen molar-refractivity contribution in [2.75, 3.05) is 12.0 Å². The molecule has 12 heteroatoms. The minimum Gasteiger partial charge on any atom is -0.480 e. The minimum atomic E-state index is -4.85. The Bertz CT molecular complexity index is 1240. The fraction of sp³-hybridized carbons (Fsp3) is 0.150. The average molecular weight is 482 g/mol. The molecule has 2 N–H and O–H groups in total. The van der Waals surface area contributed by atoms with E-state index in [0.29, 0.717) is 26.5 Å². The number of pyridine rings is 1. The van der Waals surface area contributed by atoms with E-state index in [1.807, 2.05) is 0 Å². The number of fused-ring (bicyclic) bond motifs is 1. The zero-order valence-corrected chi connectivity index (χ0v) is 18.0. The number of primary amides is 1. The van der Waals surface area contributed by atoms with Crippen LogP contribution in [0, 0.1) is 0 Å². The molecule has 1 aliphatic heterocycles. The Labute approximate surface area is 190 Å². The molecule has 0 spiro atoms. The first-order valence-electron chi connectivity index (χ1n) is 9.06. The zero-order chi connectivity index (χ0) is 23.2. The molecule has 7 nitrogen and oxygen atoms in total. The first-order chi connectivity index (χ1) is 15.1. The third-order valence-electron chi connectivity index (χ3n) is 4.88. The average Bonchev–Trinajstić information content (AvgIpc) is 3.20. The molecular weight excluding hydrogens is 467 g/mol. The first-order valence-corrected chi connectivity index (χ1v) is 9.95. The number of halogens is 4. The van der Waals surface area contributed by atoms with Crippen molar-refractivity contribution < 1.29 is 22.7 Å². The molecule has 0 fully saturated rings. The maximum absolute atomic E-state index is 13.7. The smallest absolute Gasteiger partial charge is 0.434 e. The highest BCUT2D eigenvalue weighted by Crippen LogP contribution is 2.41. The fourth-order valence-corrected chi connectivity index (χ4v) is 4.14. The molecular formula is C20H15ClF3N5O2S. The summed E-state index contributed by atoms with van der Waals surface area (Å²) in [7, 11) is 1.45. The van der Waals surface area contributed by atoms with Crippen molar-refractivity contribution in [3.8, 4) is 11.6 Å². The van der Waals surface area contributed by atoms with Crippen molar-refractivity contribution >= 4 is 41.9 Å². The number of hydrogen-bond acceptors (Lipinski definition) is 6. The summed E-state index contributed by atoms with van der Waals surface area (Å²) in [5.74, 6) is -0.954. The normalized spacial score (nSPS) is 15.6. The van der Waals surface area contributed by atoms with E-state index in [1.54, 1.807) is 41.6 Å². The van der Waals surface area contributed by atoms with E-state index in [9.17, 15) is 18.0 Å². The van der Waals surface area contributed by atoms with Gasteiger partial charge in [-0.3, -0.25) is 4.79 Å². The van der Waals surface area contributed by atoms with Crippen molar-refractivity contribution in [3.63, 3.8) is 0 Å². The van der Waals surface area contributed by atoms with Gasteiger partial charge in [0.15, 0.2) is 5.69 Å². The van der Waals surface area contributed by atoms with Crippen LogP contribution in [-0.4, -0.2) is 27.8 Å². The van der Waals surface area contributed by atoms with Crippen molar-refractivity contribution in [2.45, 2.75) is 11.6 Å². The molecule has 32 heavy (non-hydrogen) atoms. The van der Waals surface area contributed by atoms with Gasteiger partial charge in [0.25, 0.3) is 5.91 Å². The molecule has 1 unspecified atom stereocenters. The van der Waals surface area contributed by atoms with E-state index in [-0.39, 0.29) is 11.6 Å². The van der Waals surface area contributed by atoms with E-state index in [1.165, 1.54) is 13.2 Å². The van der Waals surface area contributed by atoms with Crippen LogP contribution in [0.15, 0.2) is 42.9 Å².